The van der Waals surface area contributed by atoms with Crippen molar-refractivity contribution in [2.75, 3.05) is 13.6 Å². The second-order valence-electron chi connectivity index (χ2n) is 6.85. The number of likely N-dealkylation sites (N-methyl/N-ethyl adjacent to an activating group) is 1. The molecule has 0 saturated heterocycles. The summed E-state index contributed by atoms with van der Waals surface area (Å²) in [6.45, 7) is 6.50. The molecular formula is C21H23N3. The highest BCUT2D eigenvalue weighted by atomic mass is 15.1. The van der Waals surface area contributed by atoms with E-state index >= 15 is 0 Å². The van der Waals surface area contributed by atoms with Gasteiger partial charge in [0, 0.05) is 49.2 Å². The molecule has 4 rings (SSSR count). The van der Waals surface area contributed by atoms with Crippen molar-refractivity contribution in [3.05, 3.63) is 65.1 Å². The summed E-state index contributed by atoms with van der Waals surface area (Å²) in [5.41, 5.74) is 8.07. The molecule has 0 atom stereocenters. The number of fused-ring (bicyclic) bond motifs is 3. The van der Waals surface area contributed by atoms with E-state index in [0.717, 1.165) is 19.5 Å². The van der Waals surface area contributed by atoms with Crippen LogP contribution in [0.25, 0.3) is 22.7 Å². The third kappa shape index (κ3) is 2.55. The van der Waals surface area contributed by atoms with Crippen LogP contribution in [0.5, 0.6) is 0 Å². The number of allylic oxidation sites excluding steroid dienone is 1. The van der Waals surface area contributed by atoms with E-state index in [4.69, 9.17) is 0 Å². The molecule has 0 bridgehead atoms. The number of aromatic nitrogens is 2. The summed E-state index contributed by atoms with van der Waals surface area (Å²) in [5, 5.41) is 1.40. The first-order valence-corrected chi connectivity index (χ1v) is 8.53. The molecule has 1 aromatic carbocycles. The molecule has 122 valence electrons. The van der Waals surface area contributed by atoms with Gasteiger partial charge in [0.2, 0.25) is 0 Å². The number of hydrogen-bond donors (Lipinski definition) is 0. The fourth-order valence-electron chi connectivity index (χ4n) is 3.67. The van der Waals surface area contributed by atoms with Crippen LogP contribution in [0.3, 0.4) is 0 Å². The second-order valence-corrected chi connectivity index (χ2v) is 6.85. The van der Waals surface area contributed by atoms with E-state index in [-0.39, 0.29) is 0 Å². The predicted molar refractivity (Wildman–Crippen MR) is 101 cm³/mol. The van der Waals surface area contributed by atoms with Gasteiger partial charge in [-0.15, -0.1) is 0 Å². The van der Waals surface area contributed by atoms with Gasteiger partial charge in [-0.05, 0) is 61.9 Å². The lowest BCUT2D eigenvalue weighted by molar-refractivity contribution is 0.312. The Kier molecular flexibility index (Phi) is 3.73. The van der Waals surface area contributed by atoms with E-state index in [2.05, 4.69) is 71.9 Å². The number of pyridine rings is 1. The molecule has 0 fully saturated rings. The monoisotopic (exact) mass is 317 g/mol. The Morgan fingerprint density at radius 3 is 2.75 bits per heavy atom. The average Bonchev–Trinajstić information content (AvgIpc) is 2.88. The van der Waals surface area contributed by atoms with Gasteiger partial charge in [-0.1, -0.05) is 11.6 Å². The Bertz CT molecular complexity index is 919. The average molecular weight is 317 g/mol. The van der Waals surface area contributed by atoms with Gasteiger partial charge in [0.25, 0.3) is 0 Å². The Labute approximate surface area is 143 Å². The first-order valence-electron chi connectivity index (χ1n) is 8.53. The van der Waals surface area contributed by atoms with Gasteiger partial charge in [0.15, 0.2) is 0 Å². The zero-order valence-corrected chi connectivity index (χ0v) is 14.6. The molecule has 3 heteroatoms. The van der Waals surface area contributed by atoms with Crippen LogP contribution < -0.4 is 0 Å². The van der Waals surface area contributed by atoms with Crippen molar-refractivity contribution < 1.29 is 0 Å². The minimum Gasteiger partial charge on any atom is -0.320 e. The van der Waals surface area contributed by atoms with E-state index in [1.165, 1.54) is 38.9 Å². The van der Waals surface area contributed by atoms with E-state index in [1.54, 1.807) is 0 Å². The fourth-order valence-corrected chi connectivity index (χ4v) is 3.67. The largest absolute Gasteiger partial charge is 0.320 e. The number of aryl methyl sites for hydroxylation is 1. The maximum Gasteiger partial charge on any atom is 0.0529 e. The summed E-state index contributed by atoms with van der Waals surface area (Å²) in [5.74, 6) is 0. The fraction of sp³-hybridized carbons (Fsp3) is 0.286. The summed E-state index contributed by atoms with van der Waals surface area (Å²) in [4.78, 5) is 6.53. The third-order valence-electron chi connectivity index (χ3n) is 4.99. The Hall–Kier alpha value is -2.39. The van der Waals surface area contributed by atoms with Gasteiger partial charge >= 0.3 is 0 Å². The van der Waals surface area contributed by atoms with Crippen LogP contribution in [0.2, 0.25) is 0 Å². The van der Waals surface area contributed by atoms with Crippen molar-refractivity contribution in [2.45, 2.75) is 26.8 Å². The van der Waals surface area contributed by atoms with Crippen molar-refractivity contribution >= 4 is 22.7 Å². The highest BCUT2D eigenvalue weighted by Gasteiger charge is 2.21. The number of benzene rings is 1. The molecule has 0 unspecified atom stereocenters. The highest BCUT2D eigenvalue weighted by molar-refractivity contribution is 5.90. The topological polar surface area (TPSA) is 21.1 Å². The minimum absolute atomic E-state index is 1.03. The van der Waals surface area contributed by atoms with Gasteiger partial charge in [0.1, 0.15) is 0 Å². The SMILES string of the molecule is CC(=Cn1c2c(c3cc(C)ccc31)CN(C)CC2)c1ccncc1. The maximum atomic E-state index is 4.12. The molecule has 24 heavy (non-hydrogen) atoms. The summed E-state index contributed by atoms with van der Waals surface area (Å²) in [6, 6.07) is 11.0. The van der Waals surface area contributed by atoms with Gasteiger partial charge in [-0.3, -0.25) is 4.98 Å². The van der Waals surface area contributed by atoms with Crippen molar-refractivity contribution in [1.29, 1.82) is 0 Å². The zero-order valence-electron chi connectivity index (χ0n) is 14.6. The summed E-state index contributed by atoms with van der Waals surface area (Å²) >= 11 is 0. The van der Waals surface area contributed by atoms with Crippen molar-refractivity contribution in [3.63, 3.8) is 0 Å². The van der Waals surface area contributed by atoms with Gasteiger partial charge < -0.3 is 9.47 Å². The lowest BCUT2D eigenvalue weighted by atomic mass is 10.0. The molecule has 0 amide bonds. The molecule has 3 heterocycles. The van der Waals surface area contributed by atoms with E-state index in [0.29, 0.717) is 0 Å². The maximum absolute atomic E-state index is 4.12. The Balaban J connectivity index is 1.92. The number of nitrogens with zero attached hydrogens (tertiary/aromatic N) is 3. The molecule has 0 saturated carbocycles. The van der Waals surface area contributed by atoms with E-state index in [9.17, 15) is 0 Å². The lowest BCUT2D eigenvalue weighted by Crippen LogP contribution is -2.26. The van der Waals surface area contributed by atoms with E-state index < -0.39 is 0 Å². The van der Waals surface area contributed by atoms with Crippen molar-refractivity contribution in [1.82, 2.24) is 14.5 Å². The quantitative estimate of drug-likeness (QED) is 0.700. The zero-order chi connectivity index (χ0) is 16.7. The normalized spacial score (nSPS) is 15.7. The molecular weight excluding hydrogens is 294 g/mol. The molecule has 3 aromatic rings. The molecule has 0 aliphatic carbocycles. The van der Waals surface area contributed by atoms with Crippen LogP contribution in [0.1, 0.15) is 29.3 Å². The molecule has 0 N–H and O–H groups in total. The van der Waals surface area contributed by atoms with Crippen LogP contribution in [0.15, 0.2) is 42.7 Å². The van der Waals surface area contributed by atoms with Crippen LogP contribution in [0.4, 0.5) is 0 Å². The predicted octanol–water partition coefficient (Wildman–Crippen LogP) is 4.35. The Morgan fingerprint density at radius 2 is 1.96 bits per heavy atom. The lowest BCUT2D eigenvalue weighted by Gasteiger charge is -2.23. The molecule has 1 aliphatic rings. The van der Waals surface area contributed by atoms with E-state index in [1.807, 2.05) is 12.4 Å². The van der Waals surface area contributed by atoms with Crippen LogP contribution in [-0.2, 0) is 13.0 Å². The molecule has 2 aromatic heterocycles. The van der Waals surface area contributed by atoms with Crippen LogP contribution in [-0.4, -0.2) is 28.0 Å². The number of rotatable bonds is 2. The van der Waals surface area contributed by atoms with Gasteiger partial charge in [0.05, 0.1) is 5.52 Å². The molecule has 3 nitrogen and oxygen atoms in total. The van der Waals surface area contributed by atoms with Crippen molar-refractivity contribution in [3.8, 4) is 0 Å². The summed E-state index contributed by atoms with van der Waals surface area (Å²) < 4.78 is 2.41. The standard InChI is InChI=1S/C21H23N3/c1-15-4-5-20-18(12-15)19-14-23(3)11-8-21(19)24(20)13-16(2)17-6-9-22-10-7-17/h4-7,9-10,12-13H,8,11,14H2,1-3H3. The van der Waals surface area contributed by atoms with Gasteiger partial charge in [-0.25, -0.2) is 0 Å². The Morgan fingerprint density at radius 1 is 1.17 bits per heavy atom. The smallest absolute Gasteiger partial charge is 0.0529 e. The second kappa shape index (κ2) is 5.91. The summed E-state index contributed by atoms with van der Waals surface area (Å²) in [7, 11) is 2.21. The highest BCUT2D eigenvalue weighted by Crippen LogP contribution is 2.32. The first-order chi connectivity index (χ1) is 11.6. The van der Waals surface area contributed by atoms with Crippen LogP contribution in [0, 0.1) is 6.92 Å². The van der Waals surface area contributed by atoms with Crippen molar-refractivity contribution in [2.24, 2.45) is 0 Å². The first kappa shape index (κ1) is 15.2. The molecule has 0 spiro atoms. The summed E-state index contributed by atoms with van der Waals surface area (Å²) in [6.07, 6.45) is 7.10. The number of hydrogen-bond acceptors (Lipinski definition) is 2. The minimum atomic E-state index is 1.03. The van der Waals surface area contributed by atoms with Gasteiger partial charge in [-0.2, -0.15) is 0 Å². The third-order valence-corrected chi connectivity index (χ3v) is 4.99. The molecule has 1 aliphatic heterocycles. The molecule has 0 radical (unpaired) electrons. The van der Waals surface area contributed by atoms with Crippen LogP contribution >= 0.6 is 0 Å².